The highest BCUT2D eigenvalue weighted by atomic mass is 79.9. The fraction of sp³-hybridized carbons (Fsp3) is 0.167. The molecule has 1 aromatic carbocycles. The molecule has 21 heavy (non-hydrogen) atoms. The molecule has 0 atom stereocenters. The molecule has 0 fully saturated rings. The Balaban J connectivity index is 2.10. The fourth-order valence-electron chi connectivity index (χ4n) is 1.66. The number of rotatable bonds is 6. The third-order valence-electron chi connectivity index (χ3n) is 2.69. The Bertz CT molecular complexity index is 744. The molecule has 0 aliphatic heterocycles. The number of imidazole rings is 1. The number of hydrogen-bond acceptors (Lipinski definition) is 4. The Kier molecular flexibility index (Phi) is 4.76. The van der Waals surface area contributed by atoms with Crippen LogP contribution < -0.4 is 4.72 Å². The summed E-state index contributed by atoms with van der Waals surface area (Å²) in [5.74, 6) is -1.12. The summed E-state index contributed by atoms with van der Waals surface area (Å²) in [5.41, 5.74) is 0.0132. The standard InChI is InChI=1S/C12H12BrN3O4S/c13-10-7-9(12(17)18)1-2-11(10)21(19,20)15-4-6-16-5-3-14-8-16/h1-3,5,7-8,15H,4,6H2,(H,17,18). The average Bonchev–Trinajstić information content (AvgIpc) is 2.91. The van der Waals surface area contributed by atoms with E-state index in [4.69, 9.17) is 5.11 Å². The van der Waals surface area contributed by atoms with Crippen LogP contribution in [0.25, 0.3) is 0 Å². The van der Waals surface area contributed by atoms with Crippen molar-refractivity contribution >= 4 is 31.9 Å². The maximum absolute atomic E-state index is 12.1. The highest BCUT2D eigenvalue weighted by Gasteiger charge is 2.18. The van der Waals surface area contributed by atoms with Crippen LogP contribution in [0.5, 0.6) is 0 Å². The van der Waals surface area contributed by atoms with Gasteiger partial charge in [-0.05, 0) is 34.1 Å². The summed E-state index contributed by atoms with van der Waals surface area (Å²) < 4.78 is 28.7. The second-order valence-corrected chi connectivity index (χ2v) is 6.74. The number of aromatic carboxylic acids is 1. The molecular weight excluding hydrogens is 362 g/mol. The van der Waals surface area contributed by atoms with Gasteiger partial charge in [-0.3, -0.25) is 0 Å². The minimum Gasteiger partial charge on any atom is -0.478 e. The van der Waals surface area contributed by atoms with Gasteiger partial charge in [0.25, 0.3) is 0 Å². The SMILES string of the molecule is O=C(O)c1ccc(S(=O)(=O)NCCn2ccnc2)c(Br)c1. The summed E-state index contributed by atoms with van der Waals surface area (Å²) in [5, 5.41) is 8.86. The third kappa shape index (κ3) is 3.90. The van der Waals surface area contributed by atoms with E-state index in [-0.39, 0.29) is 21.5 Å². The number of nitrogens with zero attached hydrogens (tertiary/aromatic N) is 2. The zero-order valence-electron chi connectivity index (χ0n) is 10.7. The van der Waals surface area contributed by atoms with Crippen molar-refractivity contribution in [3.05, 3.63) is 47.0 Å². The number of benzene rings is 1. The Morgan fingerprint density at radius 1 is 1.43 bits per heavy atom. The van der Waals surface area contributed by atoms with Crippen LogP contribution in [0.1, 0.15) is 10.4 Å². The Labute approximate surface area is 129 Å². The fourth-order valence-corrected chi connectivity index (χ4v) is 3.75. The van der Waals surface area contributed by atoms with Gasteiger partial charge in [-0.1, -0.05) is 0 Å². The largest absolute Gasteiger partial charge is 0.478 e. The zero-order chi connectivity index (χ0) is 15.5. The van der Waals surface area contributed by atoms with Crippen LogP contribution >= 0.6 is 15.9 Å². The number of carbonyl (C=O) groups is 1. The summed E-state index contributed by atoms with van der Waals surface area (Å²) in [6.07, 6.45) is 4.92. The molecule has 9 heteroatoms. The van der Waals surface area contributed by atoms with Gasteiger partial charge in [0.15, 0.2) is 0 Å². The van der Waals surface area contributed by atoms with Crippen molar-refractivity contribution in [3.63, 3.8) is 0 Å². The van der Waals surface area contributed by atoms with Crippen LogP contribution in [0.3, 0.4) is 0 Å². The Morgan fingerprint density at radius 2 is 2.19 bits per heavy atom. The van der Waals surface area contributed by atoms with Crippen LogP contribution in [0.2, 0.25) is 0 Å². The summed E-state index contributed by atoms with van der Waals surface area (Å²) >= 11 is 3.08. The van der Waals surface area contributed by atoms with Gasteiger partial charge in [-0.15, -0.1) is 0 Å². The van der Waals surface area contributed by atoms with Gasteiger partial charge >= 0.3 is 5.97 Å². The monoisotopic (exact) mass is 373 g/mol. The van der Waals surface area contributed by atoms with E-state index in [1.807, 2.05) is 0 Å². The smallest absolute Gasteiger partial charge is 0.335 e. The average molecular weight is 374 g/mol. The molecule has 1 heterocycles. The highest BCUT2D eigenvalue weighted by molar-refractivity contribution is 9.10. The lowest BCUT2D eigenvalue weighted by molar-refractivity contribution is 0.0696. The second kappa shape index (κ2) is 6.37. The predicted octanol–water partition coefficient (Wildman–Crippen LogP) is 1.32. The molecule has 7 nitrogen and oxygen atoms in total. The lowest BCUT2D eigenvalue weighted by atomic mass is 10.2. The van der Waals surface area contributed by atoms with E-state index in [2.05, 4.69) is 25.6 Å². The molecule has 0 saturated carbocycles. The molecule has 2 N–H and O–H groups in total. The first-order chi connectivity index (χ1) is 9.90. The summed E-state index contributed by atoms with van der Waals surface area (Å²) in [4.78, 5) is 14.7. The van der Waals surface area contributed by atoms with E-state index in [1.165, 1.54) is 18.2 Å². The minimum absolute atomic E-state index is 0.00173. The van der Waals surface area contributed by atoms with E-state index >= 15 is 0 Å². The third-order valence-corrected chi connectivity index (χ3v) is 5.13. The number of carboxylic acids is 1. The quantitative estimate of drug-likeness (QED) is 0.794. The van der Waals surface area contributed by atoms with Crippen molar-refractivity contribution in [1.29, 1.82) is 0 Å². The first-order valence-electron chi connectivity index (χ1n) is 5.88. The molecule has 1 aromatic heterocycles. The molecule has 0 aliphatic carbocycles. The van der Waals surface area contributed by atoms with Gasteiger partial charge in [-0.25, -0.2) is 22.9 Å². The van der Waals surface area contributed by atoms with Crippen LogP contribution in [0, 0.1) is 0 Å². The van der Waals surface area contributed by atoms with Crippen LogP contribution in [0.4, 0.5) is 0 Å². The normalized spacial score (nSPS) is 11.5. The number of hydrogen-bond donors (Lipinski definition) is 2. The number of nitrogens with one attached hydrogen (secondary N) is 1. The molecule has 112 valence electrons. The summed E-state index contributed by atoms with van der Waals surface area (Å²) in [7, 11) is -3.71. The van der Waals surface area contributed by atoms with E-state index < -0.39 is 16.0 Å². The molecule has 0 radical (unpaired) electrons. The first-order valence-corrected chi connectivity index (χ1v) is 8.16. The number of carboxylic acid groups (broad SMARTS) is 1. The molecule has 0 amide bonds. The maximum atomic E-state index is 12.1. The summed E-state index contributed by atoms with van der Waals surface area (Å²) in [6, 6.07) is 3.76. The van der Waals surface area contributed by atoms with Crippen LogP contribution in [0.15, 0.2) is 46.3 Å². The summed E-state index contributed by atoms with van der Waals surface area (Å²) in [6.45, 7) is 0.649. The molecule has 2 rings (SSSR count). The molecule has 2 aromatic rings. The second-order valence-electron chi connectivity index (χ2n) is 4.15. The Hall–Kier alpha value is -1.71. The minimum atomic E-state index is -3.71. The molecule has 0 spiro atoms. The van der Waals surface area contributed by atoms with Crippen LogP contribution in [-0.4, -0.2) is 35.6 Å². The maximum Gasteiger partial charge on any atom is 0.335 e. The van der Waals surface area contributed by atoms with E-state index in [1.54, 1.807) is 23.3 Å². The molecule has 0 saturated heterocycles. The highest BCUT2D eigenvalue weighted by Crippen LogP contribution is 2.23. The molecule has 0 unspecified atom stereocenters. The van der Waals surface area contributed by atoms with E-state index in [9.17, 15) is 13.2 Å². The van der Waals surface area contributed by atoms with Gasteiger partial charge in [0.05, 0.1) is 16.8 Å². The van der Waals surface area contributed by atoms with Crippen molar-refractivity contribution in [1.82, 2.24) is 14.3 Å². The van der Waals surface area contributed by atoms with Crippen molar-refractivity contribution < 1.29 is 18.3 Å². The predicted molar refractivity (Wildman–Crippen MR) is 78.5 cm³/mol. The topological polar surface area (TPSA) is 101 Å². The van der Waals surface area contributed by atoms with Crippen molar-refractivity contribution in [2.24, 2.45) is 0 Å². The van der Waals surface area contributed by atoms with Crippen molar-refractivity contribution in [2.45, 2.75) is 11.4 Å². The van der Waals surface area contributed by atoms with Crippen molar-refractivity contribution in [3.8, 4) is 0 Å². The molecular formula is C12H12BrN3O4S. The first kappa shape index (κ1) is 15.7. The zero-order valence-corrected chi connectivity index (χ0v) is 13.1. The number of sulfonamides is 1. The van der Waals surface area contributed by atoms with Crippen molar-refractivity contribution in [2.75, 3.05) is 6.54 Å². The van der Waals surface area contributed by atoms with E-state index in [0.29, 0.717) is 6.54 Å². The number of halogens is 1. The number of aromatic nitrogens is 2. The Morgan fingerprint density at radius 3 is 2.76 bits per heavy atom. The molecule has 0 aliphatic rings. The lowest BCUT2D eigenvalue weighted by Gasteiger charge is -2.09. The van der Waals surface area contributed by atoms with Gasteiger partial charge < -0.3 is 9.67 Å². The van der Waals surface area contributed by atoms with E-state index in [0.717, 1.165) is 0 Å². The van der Waals surface area contributed by atoms with Gasteiger partial charge in [0, 0.05) is 30.0 Å². The van der Waals surface area contributed by atoms with Gasteiger partial charge in [0.1, 0.15) is 0 Å². The lowest BCUT2D eigenvalue weighted by Crippen LogP contribution is -2.27. The van der Waals surface area contributed by atoms with Crippen LogP contribution in [-0.2, 0) is 16.6 Å². The van der Waals surface area contributed by atoms with Gasteiger partial charge in [0.2, 0.25) is 10.0 Å². The molecule has 0 bridgehead atoms. The van der Waals surface area contributed by atoms with Gasteiger partial charge in [-0.2, -0.15) is 0 Å².